The predicted octanol–water partition coefficient (Wildman–Crippen LogP) is 0.830. The van der Waals surface area contributed by atoms with Crippen LogP contribution in [0.2, 0.25) is 0 Å². The van der Waals surface area contributed by atoms with Crippen LogP contribution in [0.25, 0.3) is 0 Å². The molecular formula is C20H15N5O8S2. The number of thiazole rings is 1. The number of benzene rings is 1. The fraction of sp³-hybridized carbons (Fsp3) is 0.200. The Morgan fingerprint density at radius 2 is 2.03 bits per heavy atom. The van der Waals surface area contributed by atoms with Gasteiger partial charge in [0.1, 0.15) is 29.4 Å². The number of aromatic nitrogens is 1. The summed E-state index contributed by atoms with van der Waals surface area (Å²) in [6.45, 7) is -0.155. The molecule has 1 aromatic heterocycles. The standard InChI is InChI=1S/C20H15N5O8S2/c26-9-21-20-22-12(8-35-20)15(27)16(28)23-14-17(29)24-13(5-6-34-18(14)24)19(30)33-7-10-1-3-11(4-2-10)25(31)32/h1-5,8-9,14,18H,6-7H2,(H,23,28)(H,21,22,26)/t14?,18-/m1/s1. The minimum absolute atomic E-state index is 0.0153. The van der Waals surface area contributed by atoms with Crippen LogP contribution in [0.4, 0.5) is 10.8 Å². The smallest absolute Gasteiger partial charge is 0.355 e. The monoisotopic (exact) mass is 517 g/mol. The Kier molecular flexibility index (Phi) is 6.88. The number of Topliss-reactive ketones (excluding diaryl/α,β-unsaturated/α-hetero) is 1. The number of β-lactam (4-membered cyclic amide) rings is 1. The number of non-ortho nitro benzene ring substituents is 1. The van der Waals surface area contributed by atoms with Gasteiger partial charge < -0.3 is 15.4 Å². The molecule has 13 nitrogen and oxygen atoms in total. The SMILES string of the molecule is O=CNc1nc(C(=O)C(=O)NC2C(=O)N3C(C(=O)OCc4ccc([N+](=O)[O-])cc4)=CCS[C@H]23)cs1. The Morgan fingerprint density at radius 1 is 1.29 bits per heavy atom. The van der Waals surface area contributed by atoms with Gasteiger partial charge in [-0.1, -0.05) is 0 Å². The third-order valence-electron chi connectivity index (χ3n) is 4.98. The number of hydrogen-bond acceptors (Lipinski definition) is 11. The van der Waals surface area contributed by atoms with Gasteiger partial charge in [0.2, 0.25) is 6.41 Å². The number of anilines is 1. The van der Waals surface area contributed by atoms with Crippen LogP contribution >= 0.6 is 23.1 Å². The molecule has 3 amide bonds. The Morgan fingerprint density at radius 3 is 2.71 bits per heavy atom. The van der Waals surface area contributed by atoms with Crippen molar-refractivity contribution >= 4 is 63.9 Å². The van der Waals surface area contributed by atoms with E-state index in [1.165, 1.54) is 52.4 Å². The van der Waals surface area contributed by atoms with E-state index in [0.717, 1.165) is 11.3 Å². The number of amides is 3. The first-order chi connectivity index (χ1) is 16.8. The van der Waals surface area contributed by atoms with Crippen molar-refractivity contribution in [2.45, 2.75) is 18.0 Å². The minimum Gasteiger partial charge on any atom is -0.456 e. The quantitative estimate of drug-likeness (QED) is 0.0920. The molecule has 0 radical (unpaired) electrons. The number of hydrogen-bond donors (Lipinski definition) is 2. The largest absolute Gasteiger partial charge is 0.456 e. The molecule has 0 saturated carbocycles. The maximum absolute atomic E-state index is 12.7. The fourth-order valence-electron chi connectivity index (χ4n) is 3.28. The average molecular weight is 518 g/mol. The van der Waals surface area contributed by atoms with Crippen LogP contribution in [0.15, 0.2) is 41.4 Å². The predicted molar refractivity (Wildman–Crippen MR) is 122 cm³/mol. The second-order valence-corrected chi connectivity index (χ2v) is 9.11. The summed E-state index contributed by atoms with van der Waals surface area (Å²) in [5, 5.41) is 16.2. The Labute approximate surface area is 204 Å². The molecule has 35 heavy (non-hydrogen) atoms. The third kappa shape index (κ3) is 4.90. The van der Waals surface area contributed by atoms with E-state index in [9.17, 15) is 34.1 Å². The van der Waals surface area contributed by atoms with E-state index >= 15 is 0 Å². The molecule has 3 heterocycles. The van der Waals surface area contributed by atoms with E-state index in [4.69, 9.17) is 4.74 Å². The molecule has 1 unspecified atom stereocenters. The molecule has 4 rings (SSSR count). The number of rotatable bonds is 9. The van der Waals surface area contributed by atoms with Crippen molar-refractivity contribution in [3.63, 3.8) is 0 Å². The first-order valence-electron chi connectivity index (χ1n) is 9.86. The average Bonchev–Trinajstić information content (AvgIpc) is 3.33. The third-order valence-corrected chi connectivity index (χ3v) is 6.94. The lowest BCUT2D eigenvalue weighted by molar-refractivity contribution is -0.384. The van der Waals surface area contributed by atoms with Crippen LogP contribution in [0.5, 0.6) is 0 Å². The Hall–Kier alpha value is -4.11. The van der Waals surface area contributed by atoms with Crippen LogP contribution in [0, 0.1) is 10.1 Å². The van der Waals surface area contributed by atoms with Gasteiger partial charge in [0, 0.05) is 23.3 Å². The second kappa shape index (κ2) is 10.0. The summed E-state index contributed by atoms with van der Waals surface area (Å²) in [7, 11) is 0. The maximum atomic E-state index is 12.7. The molecule has 1 fully saturated rings. The van der Waals surface area contributed by atoms with Gasteiger partial charge in [0.05, 0.1) is 4.92 Å². The lowest BCUT2D eigenvalue weighted by Crippen LogP contribution is -2.70. The maximum Gasteiger partial charge on any atom is 0.355 e. The lowest BCUT2D eigenvalue weighted by atomic mass is 10.0. The zero-order chi connectivity index (χ0) is 25.1. The van der Waals surface area contributed by atoms with Crippen molar-refractivity contribution < 1.29 is 33.6 Å². The molecule has 15 heteroatoms. The van der Waals surface area contributed by atoms with E-state index in [2.05, 4.69) is 15.6 Å². The number of nitro groups is 1. The highest BCUT2D eigenvalue weighted by Gasteiger charge is 2.53. The van der Waals surface area contributed by atoms with Gasteiger partial charge in [-0.05, 0) is 23.8 Å². The molecule has 2 atom stereocenters. The lowest BCUT2D eigenvalue weighted by Gasteiger charge is -2.48. The first kappa shape index (κ1) is 24.0. The summed E-state index contributed by atoms with van der Waals surface area (Å²) in [6, 6.07) is 4.46. The van der Waals surface area contributed by atoms with E-state index in [0.29, 0.717) is 17.7 Å². The highest BCUT2D eigenvalue weighted by molar-refractivity contribution is 8.00. The number of thioether (sulfide) groups is 1. The molecule has 0 aliphatic carbocycles. The molecular weight excluding hydrogens is 502 g/mol. The van der Waals surface area contributed by atoms with E-state index < -0.39 is 39.9 Å². The topological polar surface area (TPSA) is 178 Å². The first-order valence-corrected chi connectivity index (χ1v) is 11.8. The van der Waals surface area contributed by atoms with Gasteiger partial charge in [0.15, 0.2) is 5.13 Å². The number of nitrogens with one attached hydrogen (secondary N) is 2. The number of fused-ring (bicyclic) bond motifs is 1. The van der Waals surface area contributed by atoms with Crippen molar-refractivity contribution in [2.75, 3.05) is 11.1 Å². The molecule has 180 valence electrons. The number of carbonyl (C=O) groups excluding carboxylic acids is 5. The van der Waals surface area contributed by atoms with E-state index in [1.54, 1.807) is 0 Å². The van der Waals surface area contributed by atoms with Gasteiger partial charge in [-0.25, -0.2) is 9.78 Å². The molecule has 1 aromatic carbocycles. The number of nitro benzene ring substituents is 1. The Balaban J connectivity index is 1.34. The van der Waals surface area contributed by atoms with Crippen LogP contribution in [0.3, 0.4) is 0 Å². The summed E-state index contributed by atoms with van der Waals surface area (Å²) >= 11 is 2.26. The molecule has 2 aliphatic heterocycles. The van der Waals surface area contributed by atoms with Crippen LogP contribution in [-0.4, -0.2) is 62.0 Å². The number of esters is 1. The molecule has 0 spiro atoms. The van der Waals surface area contributed by atoms with Crippen LogP contribution in [0.1, 0.15) is 16.1 Å². The zero-order valence-electron chi connectivity index (χ0n) is 17.5. The van der Waals surface area contributed by atoms with E-state index in [1.807, 2.05) is 0 Å². The van der Waals surface area contributed by atoms with E-state index in [-0.39, 0.29) is 28.8 Å². The molecule has 1 saturated heterocycles. The molecule has 0 bridgehead atoms. The van der Waals surface area contributed by atoms with Crippen molar-refractivity contribution in [3.05, 3.63) is 62.8 Å². The highest BCUT2D eigenvalue weighted by Crippen LogP contribution is 2.38. The molecule has 2 aliphatic rings. The summed E-state index contributed by atoms with van der Waals surface area (Å²) in [6.07, 6.45) is 1.91. The minimum atomic E-state index is -1.04. The van der Waals surface area contributed by atoms with Crippen molar-refractivity contribution in [3.8, 4) is 0 Å². The second-order valence-electron chi connectivity index (χ2n) is 7.10. The summed E-state index contributed by atoms with van der Waals surface area (Å²) < 4.78 is 5.24. The normalized spacial score (nSPS) is 18.5. The summed E-state index contributed by atoms with van der Waals surface area (Å²) in [4.78, 5) is 75.6. The fourth-order valence-corrected chi connectivity index (χ4v) is 5.13. The number of carbonyl (C=O) groups is 5. The number of ether oxygens (including phenoxy) is 1. The summed E-state index contributed by atoms with van der Waals surface area (Å²) in [5.41, 5.74) is 0.271. The van der Waals surface area contributed by atoms with Crippen molar-refractivity contribution in [2.24, 2.45) is 0 Å². The van der Waals surface area contributed by atoms with Gasteiger partial charge in [0.25, 0.3) is 23.3 Å². The van der Waals surface area contributed by atoms with Gasteiger partial charge >= 0.3 is 5.97 Å². The van der Waals surface area contributed by atoms with Crippen LogP contribution < -0.4 is 10.6 Å². The van der Waals surface area contributed by atoms with Crippen LogP contribution in [-0.2, 0) is 30.5 Å². The highest BCUT2D eigenvalue weighted by atomic mass is 32.2. The van der Waals surface area contributed by atoms with Gasteiger partial charge in [-0.15, -0.1) is 23.1 Å². The zero-order valence-corrected chi connectivity index (χ0v) is 19.2. The van der Waals surface area contributed by atoms with Gasteiger partial charge in [-0.3, -0.25) is 34.2 Å². The number of nitrogens with zero attached hydrogens (tertiary/aromatic N) is 3. The molecule has 2 aromatic rings. The summed E-state index contributed by atoms with van der Waals surface area (Å²) in [5.74, 6) is -2.98. The van der Waals surface area contributed by atoms with Crippen molar-refractivity contribution in [1.82, 2.24) is 15.2 Å². The van der Waals surface area contributed by atoms with Gasteiger partial charge in [-0.2, -0.15) is 0 Å². The number of ketones is 1. The molecule has 2 N–H and O–H groups in total. The van der Waals surface area contributed by atoms with Crippen molar-refractivity contribution in [1.29, 1.82) is 0 Å². The Bertz CT molecular complexity index is 1260.